The lowest BCUT2D eigenvalue weighted by atomic mass is 10.2. The van der Waals surface area contributed by atoms with Crippen molar-refractivity contribution in [1.82, 2.24) is 9.97 Å². The monoisotopic (exact) mass is 312 g/mol. The Morgan fingerprint density at radius 2 is 2.14 bits per heavy atom. The number of benzene rings is 1. The average Bonchev–Trinajstić information content (AvgIpc) is 2.86. The first-order chi connectivity index (χ1) is 9.83. The van der Waals surface area contributed by atoms with Crippen molar-refractivity contribution in [2.24, 2.45) is 0 Å². The number of imidazole rings is 1. The Balaban J connectivity index is 2.37. The molecular formula is C11H12N4O5S. The number of aryl methyl sites for hydroxylation is 1. The van der Waals surface area contributed by atoms with Gasteiger partial charge in [-0.25, -0.2) is 4.98 Å². The molecule has 0 radical (unpaired) electrons. The van der Waals surface area contributed by atoms with Gasteiger partial charge in [-0.1, -0.05) is 0 Å². The molecule has 2 rings (SSSR count). The van der Waals surface area contributed by atoms with Crippen LogP contribution in [0.2, 0.25) is 0 Å². The van der Waals surface area contributed by atoms with Crippen LogP contribution in [0.1, 0.15) is 5.82 Å². The van der Waals surface area contributed by atoms with E-state index in [0.29, 0.717) is 5.82 Å². The molecule has 21 heavy (non-hydrogen) atoms. The summed E-state index contributed by atoms with van der Waals surface area (Å²) in [6, 6.07) is 3.58. The van der Waals surface area contributed by atoms with Gasteiger partial charge in [-0.2, -0.15) is 8.42 Å². The molecule has 9 nitrogen and oxygen atoms in total. The van der Waals surface area contributed by atoms with Gasteiger partial charge in [0.25, 0.3) is 15.7 Å². The third-order valence-electron chi connectivity index (χ3n) is 2.61. The molecule has 1 aromatic heterocycles. The number of aromatic amines is 1. The molecule has 0 aliphatic rings. The Hall–Kier alpha value is -2.62. The first-order valence-corrected chi connectivity index (χ1v) is 7.18. The van der Waals surface area contributed by atoms with E-state index in [-0.39, 0.29) is 22.2 Å². The third kappa shape index (κ3) is 3.11. The number of rotatable bonds is 5. The molecule has 0 atom stereocenters. The van der Waals surface area contributed by atoms with E-state index in [1.807, 2.05) is 0 Å². The first-order valence-electron chi connectivity index (χ1n) is 5.70. The predicted octanol–water partition coefficient (Wildman–Crippen LogP) is 1.44. The summed E-state index contributed by atoms with van der Waals surface area (Å²) < 4.78 is 31.5. The third-order valence-corrected chi connectivity index (χ3v) is 3.88. The molecule has 2 aromatic rings. The van der Waals surface area contributed by atoms with Crippen molar-refractivity contribution in [2.75, 3.05) is 11.8 Å². The van der Waals surface area contributed by atoms with Gasteiger partial charge in [0.05, 0.1) is 30.0 Å². The van der Waals surface area contributed by atoms with Gasteiger partial charge in [-0.05, 0) is 13.0 Å². The lowest BCUT2D eigenvalue weighted by Gasteiger charge is -2.10. The van der Waals surface area contributed by atoms with Crippen molar-refractivity contribution in [3.05, 3.63) is 40.3 Å². The molecule has 0 aliphatic heterocycles. The SMILES string of the molecule is COc1cc([N+](=O)[O-])ccc1NS(=O)(=O)c1cnc(C)[nH]1. The number of hydrogen-bond donors (Lipinski definition) is 2. The molecule has 0 spiro atoms. The minimum atomic E-state index is -3.88. The fourth-order valence-electron chi connectivity index (χ4n) is 1.61. The second-order valence-corrected chi connectivity index (χ2v) is 5.73. The number of hydrogen-bond acceptors (Lipinski definition) is 6. The van der Waals surface area contributed by atoms with Crippen LogP contribution in [-0.2, 0) is 10.0 Å². The number of non-ortho nitro benzene ring substituents is 1. The van der Waals surface area contributed by atoms with Crippen LogP contribution >= 0.6 is 0 Å². The van der Waals surface area contributed by atoms with Crippen molar-refractivity contribution >= 4 is 21.4 Å². The quantitative estimate of drug-likeness (QED) is 0.635. The number of nitrogens with zero attached hydrogens (tertiary/aromatic N) is 2. The lowest BCUT2D eigenvalue weighted by Crippen LogP contribution is -2.14. The summed E-state index contributed by atoms with van der Waals surface area (Å²) in [5, 5.41) is 10.6. The van der Waals surface area contributed by atoms with Crippen LogP contribution < -0.4 is 9.46 Å². The Kier molecular flexibility index (Phi) is 3.80. The zero-order valence-corrected chi connectivity index (χ0v) is 12.0. The minimum absolute atomic E-state index is 0.0454. The number of ether oxygens (including phenoxy) is 1. The zero-order valence-electron chi connectivity index (χ0n) is 11.2. The van der Waals surface area contributed by atoms with E-state index < -0.39 is 14.9 Å². The molecule has 0 aliphatic carbocycles. The topological polar surface area (TPSA) is 127 Å². The molecule has 0 saturated carbocycles. The first kappa shape index (κ1) is 14.8. The van der Waals surface area contributed by atoms with Crippen molar-refractivity contribution in [3.8, 4) is 5.75 Å². The molecule has 10 heteroatoms. The van der Waals surface area contributed by atoms with Gasteiger partial charge in [0.15, 0.2) is 5.03 Å². The van der Waals surface area contributed by atoms with Crippen LogP contribution in [-0.4, -0.2) is 30.4 Å². The van der Waals surface area contributed by atoms with Gasteiger partial charge in [-0.3, -0.25) is 14.8 Å². The molecule has 0 fully saturated rings. The van der Waals surface area contributed by atoms with E-state index in [4.69, 9.17) is 4.74 Å². The van der Waals surface area contributed by atoms with E-state index in [1.165, 1.54) is 25.4 Å². The van der Waals surface area contributed by atoms with Gasteiger partial charge >= 0.3 is 0 Å². The summed E-state index contributed by atoms with van der Waals surface area (Å²) in [7, 11) is -2.59. The fourth-order valence-corrected chi connectivity index (χ4v) is 2.65. The van der Waals surface area contributed by atoms with E-state index in [9.17, 15) is 18.5 Å². The van der Waals surface area contributed by atoms with Gasteiger partial charge in [0.1, 0.15) is 11.6 Å². The Labute approximate surface area is 120 Å². The van der Waals surface area contributed by atoms with Crippen LogP contribution in [0, 0.1) is 17.0 Å². The molecule has 0 saturated heterocycles. The Bertz CT molecular complexity index is 784. The number of sulfonamides is 1. The molecule has 0 amide bonds. The van der Waals surface area contributed by atoms with Crippen LogP contribution in [0.4, 0.5) is 11.4 Å². The molecule has 1 aromatic carbocycles. The maximum atomic E-state index is 12.1. The number of H-pyrrole nitrogens is 1. The predicted molar refractivity (Wildman–Crippen MR) is 73.8 cm³/mol. The molecule has 112 valence electrons. The van der Waals surface area contributed by atoms with E-state index in [1.54, 1.807) is 6.92 Å². The number of nitro benzene ring substituents is 1. The second kappa shape index (κ2) is 5.40. The van der Waals surface area contributed by atoms with Gasteiger partial charge in [0, 0.05) is 6.07 Å². The highest BCUT2D eigenvalue weighted by atomic mass is 32.2. The number of nitro groups is 1. The number of aromatic nitrogens is 2. The average molecular weight is 312 g/mol. The summed E-state index contributed by atoms with van der Waals surface area (Å²) in [6.45, 7) is 1.62. The minimum Gasteiger partial charge on any atom is -0.494 e. The fraction of sp³-hybridized carbons (Fsp3) is 0.182. The summed E-state index contributed by atoms with van der Waals surface area (Å²) >= 11 is 0. The van der Waals surface area contributed by atoms with E-state index in [0.717, 1.165) is 6.07 Å². The van der Waals surface area contributed by atoms with Crippen LogP contribution in [0.25, 0.3) is 0 Å². The molecule has 1 heterocycles. The van der Waals surface area contributed by atoms with Crippen LogP contribution in [0.3, 0.4) is 0 Å². The number of nitrogens with one attached hydrogen (secondary N) is 2. The second-order valence-electron chi connectivity index (χ2n) is 4.08. The molecule has 0 bridgehead atoms. The number of anilines is 1. The van der Waals surface area contributed by atoms with Gasteiger partial charge < -0.3 is 9.72 Å². The highest BCUT2D eigenvalue weighted by Crippen LogP contribution is 2.30. The van der Waals surface area contributed by atoms with Gasteiger partial charge in [0.2, 0.25) is 0 Å². The maximum absolute atomic E-state index is 12.1. The normalized spacial score (nSPS) is 11.1. The van der Waals surface area contributed by atoms with Crippen molar-refractivity contribution in [2.45, 2.75) is 11.9 Å². The van der Waals surface area contributed by atoms with E-state index >= 15 is 0 Å². The molecule has 2 N–H and O–H groups in total. The Morgan fingerprint density at radius 1 is 1.43 bits per heavy atom. The summed E-state index contributed by atoms with van der Waals surface area (Å²) in [6.07, 6.45) is 1.18. The van der Waals surface area contributed by atoms with Crippen LogP contribution in [0.5, 0.6) is 5.75 Å². The van der Waals surface area contributed by atoms with Crippen molar-refractivity contribution < 1.29 is 18.1 Å². The van der Waals surface area contributed by atoms with Gasteiger partial charge in [-0.15, -0.1) is 0 Å². The number of methoxy groups -OCH3 is 1. The highest BCUT2D eigenvalue weighted by Gasteiger charge is 2.20. The smallest absolute Gasteiger partial charge is 0.279 e. The van der Waals surface area contributed by atoms with Crippen molar-refractivity contribution in [1.29, 1.82) is 0 Å². The summed E-state index contributed by atoms with van der Waals surface area (Å²) in [5.41, 5.74) is -0.109. The summed E-state index contributed by atoms with van der Waals surface area (Å²) in [4.78, 5) is 16.5. The molecule has 0 unspecified atom stereocenters. The standard InChI is InChI=1S/C11H12N4O5S/c1-7-12-6-11(13-7)21(18,19)14-9-4-3-8(15(16)17)5-10(9)20-2/h3-6,14H,1-2H3,(H,12,13). The Morgan fingerprint density at radius 3 is 2.67 bits per heavy atom. The largest absolute Gasteiger partial charge is 0.494 e. The lowest BCUT2D eigenvalue weighted by molar-refractivity contribution is -0.384. The zero-order chi connectivity index (χ0) is 15.6. The van der Waals surface area contributed by atoms with E-state index in [2.05, 4.69) is 14.7 Å². The summed E-state index contributed by atoms with van der Waals surface area (Å²) in [5.74, 6) is 0.495. The highest BCUT2D eigenvalue weighted by molar-refractivity contribution is 7.92. The maximum Gasteiger partial charge on any atom is 0.279 e. The van der Waals surface area contributed by atoms with Crippen molar-refractivity contribution in [3.63, 3.8) is 0 Å². The van der Waals surface area contributed by atoms with Crippen LogP contribution in [0.15, 0.2) is 29.4 Å². The molecular weight excluding hydrogens is 300 g/mol.